The van der Waals surface area contributed by atoms with E-state index in [2.05, 4.69) is 15.3 Å². The summed E-state index contributed by atoms with van der Waals surface area (Å²) in [5, 5.41) is 44.7. The molecule has 4 aromatic rings. The van der Waals surface area contributed by atoms with Gasteiger partial charge in [0.05, 0.1) is 17.6 Å². The van der Waals surface area contributed by atoms with Crippen LogP contribution in [0.25, 0.3) is 5.69 Å². The molecule has 10 nitrogen and oxygen atoms in total. The third-order valence-corrected chi connectivity index (χ3v) is 5.44. The fraction of sp³-hybridized carbons (Fsp3) is 0.179. The molecule has 0 unspecified atom stereocenters. The number of carbonyl (C=O) groups excluding carboxylic acids is 2. The molecule has 40 heavy (non-hydrogen) atoms. The summed E-state index contributed by atoms with van der Waals surface area (Å²) in [6.45, 7) is 7.49. The zero-order chi connectivity index (χ0) is 28.0. The number of aromatic carboxylic acids is 2. The van der Waals surface area contributed by atoms with E-state index in [1.807, 2.05) is 26.8 Å². The predicted octanol–water partition coefficient (Wildman–Crippen LogP) is -0.695. The smallest absolute Gasteiger partial charge is 0.872 e. The Labute approximate surface area is 263 Å². The van der Waals surface area contributed by atoms with Crippen molar-refractivity contribution in [3.63, 3.8) is 0 Å². The van der Waals surface area contributed by atoms with Gasteiger partial charge >= 0.3 is 46.9 Å². The van der Waals surface area contributed by atoms with Crippen LogP contribution in [0.5, 0.6) is 5.75 Å². The first kappa shape index (κ1) is 34.6. The van der Waals surface area contributed by atoms with Crippen LogP contribution in [0.4, 0.5) is 11.4 Å². The number of para-hydroxylation sites is 1. The van der Waals surface area contributed by atoms with Gasteiger partial charge in [-0.25, -0.2) is 0 Å². The molecular formula is C28H24CrN4NaO6. The summed E-state index contributed by atoms with van der Waals surface area (Å²) in [6, 6.07) is 19.3. The molecule has 0 aliphatic heterocycles. The van der Waals surface area contributed by atoms with Crippen molar-refractivity contribution in [3.05, 3.63) is 106 Å². The van der Waals surface area contributed by atoms with Gasteiger partial charge in [0.2, 0.25) is 0 Å². The minimum Gasteiger partial charge on any atom is -0.872 e. The normalized spacial score (nSPS) is 10.6. The van der Waals surface area contributed by atoms with E-state index in [1.165, 1.54) is 28.9 Å². The first-order valence-corrected chi connectivity index (χ1v) is 11.5. The first-order valence-electron chi connectivity index (χ1n) is 11.5. The summed E-state index contributed by atoms with van der Waals surface area (Å²) in [5.41, 5.74) is 1.05. The zero-order valence-corrected chi connectivity index (χ0v) is 25.8. The number of aromatic nitrogens is 2. The van der Waals surface area contributed by atoms with E-state index >= 15 is 0 Å². The van der Waals surface area contributed by atoms with Gasteiger partial charge in [-0.05, 0) is 34.7 Å². The van der Waals surface area contributed by atoms with Gasteiger partial charge < -0.3 is 34.7 Å². The molecule has 0 bridgehead atoms. The molecule has 4 rings (SSSR count). The van der Waals surface area contributed by atoms with E-state index in [1.54, 1.807) is 49.4 Å². The van der Waals surface area contributed by atoms with Crippen molar-refractivity contribution >= 4 is 23.3 Å². The van der Waals surface area contributed by atoms with E-state index in [4.69, 9.17) is 0 Å². The van der Waals surface area contributed by atoms with Crippen LogP contribution in [0, 0.1) is 6.92 Å². The average Bonchev–Trinajstić information content (AvgIpc) is 3.16. The number of carboxylic acid groups (broad SMARTS) is 2. The van der Waals surface area contributed by atoms with Gasteiger partial charge in [-0.3, -0.25) is 4.79 Å². The van der Waals surface area contributed by atoms with Gasteiger partial charge in [-0.2, -0.15) is 0 Å². The number of hydrogen-bond acceptors (Lipinski definition) is 8. The molecule has 0 amide bonds. The van der Waals surface area contributed by atoms with Gasteiger partial charge in [0.15, 0.2) is 0 Å². The molecule has 0 saturated heterocycles. The number of rotatable bonds is 5. The average molecular weight is 588 g/mol. The molecule has 0 spiro atoms. The third-order valence-electron chi connectivity index (χ3n) is 5.44. The number of carbonyl (C=O) groups is 2. The summed E-state index contributed by atoms with van der Waals surface area (Å²) in [6.07, 6.45) is 0. The molecule has 0 N–H and O–H groups in total. The van der Waals surface area contributed by atoms with Crippen LogP contribution < -0.4 is 55.5 Å². The largest absolute Gasteiger partial charge is 3.00 e. The summed E-state index contributed by atoms with van der Waals surface area (Å²) in [7, 11) is 0. The minimum absolute atomic E-state index is 0. The summed E-state index contributed by atoms with van der Waals surface area (Å²) >= 11 is 0. The zero-order valence-electron chi connectivity index (χ0n) is 22.6. The summed E-state index contributed by atoms with van der Waals surface area (Å²) in [5.74, 6) is -3.28. The quantitative estimate of drug-likeness (QED) is 0.220. The number of benzene rings is 3. The van der Waals surface area contributed by atoms with E-state index in [0.717, 1.165) is 5.56 Å². The number of aryl methyl sites for hydroxylation is 1. The van der Waals surface area contributed by atoms with Gasteiger partial charge in [0, 0.05) is 11.3 Å². The summed E-state index contributed by atoms with van der Waals surface area (Å²) < 4.78 is 1.23. The molecule has 3 aromatic carbocycles. The topological polar surface area (TPSA) is 164 Å². The Morgan fingerprint density at radius 3 is 2.00 bits per heavy atom. The van der Waals surface area contributed by atoms with Crippen molar-refractivity contribution < 1.29 is 71.8 Å². The number of azo groups is 1. The molecule has 0 aliphatic rings. The van der Waals surface area contributed by atoms with Crippen LogP contribution in [0.2, 0.25) is 0 Å². The Morgan fingerprint density at radius 1 is 0.850 bits per heavy atom. The van der Waals surface area contributed by atoms with Crippen molar-refractivity contribution in [1.29, 1.82) is 0 Å². The van der Waals surface area contributed by atoms with Crippen molar-refractivity contribution in [2.24, 2.45) is 10.2 Å². The fourth-order valence-corrected chi connectivity index (χ4v) is 3.35. The van der Waals surface area contributed by atoms with Crippen LogP contribution in [0.15, 0.2) is 87.8 Å². The molecule has 0 saturated carbocycles. The monoisotopic (exact) mass is 587 g/mol. The Morgan fingerprint density at radius 2 is 1.43 bits per heavy atom. The predicted molar refractivity (Wildman–Crippen MR) is 134 cm³/mol. The maximum atomic E-state index is 12.4. The molecular weight excluding hydrogens is 563 g/mol. The second-order valence-electron chi connectivity index (χ2n) is 9.24. The Hall–Kier alpha value is -3.46. The van der Waals surface area contributed by atoms with Gasteiger partial charge in [0.1, 0.15) is 5.69 Å². The fourth-order valence-electron chi connectivity index (χ4n) is 3.35. The SMILES string of the molecule is CC(C)(C)c1ccc([O-])c(C(=O)[O-])c1.Cc1[n-]n(-c2ccccc2)c(=O)c1N=Nc1ccccc1C(=O)[O-].[Cr+3].[Na+]. The Balaban J connectivity index is 0.000000433. The minimum atomic E-state index is -1.42. The molecule has 0 aliphatic carbocycles. The van der Waals surface area contributed by atoms with Crippen LogP contribution in [0.3, 0.4) is 0 Å². The maximum Gasteiger partial charge on any atom is 3.00 e. The van der Waals surface area contributed by atoms with Crippen molar-refractivity contribution in [1.82, 2.24) is 9.78 Å². The molecule has 1 aromatic heterocycles. The molecule has 1 radical (unpaired) electrons. The summed E-state index contributed by atoms with van der Waals surface area (Å²) in [4.78, 5) is 34.1. The van der Waals surface area contributed by atoms with Crippen LogP contribution in [0.1, 0.15) is 52.7 Å². The van der Waals surface area contributed by atoms with Crippen LogP contribution >= 0.6 is 0 Å². The number of nitrogens with zero attached hydrogens (tertiary/aromatic N) is 4. The molecule has 199 valence electrons. The molecule has 12 heteroatoms. The van der Waals surface area contributed by atoms with Gasteiger partial charge in [-0.1, -0.05) is 88.0 Å². The van der Waals surface area contributed by atoms with Crippen LogP contribution in [-0.4, -0.2) is 16.6 Å². The van der Waals surface area contributed by atoms with Crippen LogP contribution in [-0.2, 0) is 22.8 Å². The van der Waals surface area contributed by atoms with Gasteiger partial charge in [-0.15, -0.1) is 15.9 Å². The second kappa shape index (κ2) is 14.8. The van der Waals surface area contributed by atoms with Crippen molar-refractivity contribution in [3.8, 4) is 11.4 Å². The third kappa shape index (κ3) is 8.52. The molecule has 0 atom stereocenters. The van der Waals surface area contributed by atoms with E-state index in [0.29, 0.717) is 11.4 Å². The van der Waals surface area contributed by atoms with Gasteiger partial charge in [0.25, 0.3) is 5.56 Å². The molecule has 1 heterocycles. The molecule has 0 fully saturated rings. The standard InChI is InChI=1S/C17H14N4O3.C11H14O3.Cr.Na/c1-11-15(16(22)21(20-11)12-7-3-2-4-8-12)19-18-14-10-6-5-9-13(14)17(23)24;1-11(2,3)7-4-5-9(12)8(6-7)10(13)14;;/h2-10H,1H3,(H2,18,20,22,23,24);4-6,12H,1-3H3,(H,13,14);;/q;;+3;+1/p-4. The Kier molecular flexibility index (Phi) is 12.8. The Bertz CT molecular complexity index is 1560. The second-order valence-corrected chi connectivity index (χ2v) is 9.24. The number of carboxylic acids is 2. The van der Waals surface area contributed by atoms with E-state index in [-0.39, 0.29) is 74.8 Å². The van der Waals surface area contributed by atoms with E-state index in [9.17, 15) is 29.7 Å². The van der Waals surface area contributed by atoms with Crippen molar-refractivity contribution in [2.75, 3.05) is 0 Å². The maximum absolute atomic E-state index is 12.4. The first-order chi connectivity index (χ1) is 17.9. The van der Waals surface area contributed by atoms with Crippen molar-refractivity contribution in [2.45, 2.75) is 33.1 Å². The number of hydrogen-bond donors (Lipinski definition) is 0. The van der Waals surface area contributed by atoms with E-state index < -0.39 is 23.2 Å².